The van der Waals surface area contributed by atoms with Crippen molar-refractivity contribution in [3.8, 4) is 5.75 Å². The molecule has 1 unspecified atom stereocenters. The second-order valence-corrected chi connectivity index (χ2v) is 7.98. The average molecular weight is 333 g/mol. The highest BCUT2D eigenvalue weighted by atomic mass is 16.6. The van der Waals surface area contributed by atoms with E-state index >= 15 is 0 Å². The minimum atomic E-state index is -0.687. The number of hydrogen-bond acceptors (Lipinski definition) is 5. The third-order valence-corrected chi connectivity index (χ3v) is 5.19. The van der Waals surface area contributed by atoms with Gasteiger partial charge in [0.1, 0.15) is 16.9 Å². The van der Waals surface area contributed by atoms with Crippen LogP contribution in [0.2, 0.25) is 0 Å². The molecule has 0 bridgehead atoms. The number of fused-ring (bicyclic) bond motifs is 1. The number of carbonyl (C=O) groups excluding carboxylic acids is 1. The van der Waals surface area contributed by atoms with Gasteiger partial charge in [-0.3, -0.25) is 9.69 Å². The van der Waals surface area contributed by atoms with Crippen molar-refractivity contribution in [2.45, 2.75) is 57.2 Å². The number of hydrogen-bond donors (Lipinski definition) is 2. The number of esters is 1. The number of aliphatic hydroxyl groups excluding tert-OH is 1. The number of phenolic OH excluding ortho intramolecular Hbond substituents is 1. The van der Waals surface area contributed by atoms with Gasteiger partial charge in [0.2, 0.25) is 0 Å². The normalized spacial score (nSPS) is 30.3. The lowest BCUT2D eigenvalue weighted by Crippen LogP contribution is -2.49. The summed E-state index contributed by atoms with van der Waals surface area (Å²) >= 11 is 0. The van der Waals surface area contributed by atoms with Gasteiger partial charge in [-0.15, -0.1) is 0 Å². The van der Waals surface area contributed by atoms with Gasteiger partial charge in [-0.2, -0.15) is 0 Å². The monoisotopic (exact) mass is 333 g/mol. The number of aliphatic hydroxyl groups is 1. The molecule has 2 aliphatic rings. The summed E-state index contributed by atoms with van der Waals surface area (Å²) in [5.41, 5.74) is -0.445. The van der Waals surface area contributed by atoms with Gasteiger partial charge in [0.15, 0.2) is 0 Å². The Labute approximate surface area is 143 Å². The molecule has 0 radical (unpaired) electrons. The first-order valence-corrected chi connectivity index (χ1v) is 8.67. The van der Waals surface area contributed by atoms with Crippen molar-refractivity contribution in [3.05, 3.63) is 29.8 Å². The maximum Gasteiger partial charge on any atom is 0.327 e. The zero-order valence-corrected chi connectivity index (χ0v) is 14.7. The highest BCUT2D eigenvalue weighted by molar-refractivity contribution is 5.82. The smallest absolute Gasteiger partial charge is 0.327 e. The van der Waals surface area contributed by atoms with Crippen LogP contribution in [0.4, 0.5) is 0 Å². The van der Waals surface area contributed by atoms with Crippen molar-refractivity contribution < 1.29 is 19.7 Å². The minimum Gasteiger partial charge on any atom is -0.508 e. The van der Waals surface area contributed by atoms with Gasteiger partial charge in [0, 0.05) is 24.1 Å². The van der Waals surface area contributed by atoms with Crippen LogP contribution in [-0.2, 0) is 9.53 Å². The van der Waals surface area contributed by atoms with E-state index in [9.17, 15) is 15.0 Å². The molecule has 0 aromatic heterocycles. The molecule has 2 fully saturated rings. The number of para-hydroxylation sites is 1. The summed E-state index contributed by atoms with van der Waals surface area (Å²) in [6, 6.07) is 7.05. The number of aromatic hydroxyl groups is 1. The van der Waals surface area contributed by atoms with E-state index in [0.717, 1.165) is 24.9 Å². The molecule has 0 spiro atoms. The molecule has 0 saturated carbocycles. The summed E-state index contributed by atoms with van der Waals surface area (Å²) in [5, 5.41) is 20.2. The number of carbonyl (C=O) groups is 1. The predicted octanol–water partition coefficient (Wildman–Crippen LogP) is 2.62. The largest absolute Gasteiger partial charge is 0.508 e. The molecule has 1 aromatic carbocycles. The number of phenols is 1. The maximum atomic E-state index is 13.0. The molecule has 3 rings (SSSR count). The first kappa shape index (κ1) is 17.2. The van der Waals surface area contributed by atoms with Crippen LogP contribution in [0.5, 0.6) is 5.75 Å². The Hall–Kier alpha value is -1.59. The molecule has 5 heteroatoms. The highest BCUT2D eigenvalue weighted by Crippen LogP contribution is 2.53. The summed E-state index contributed by atoms with van der Waals surface area (Å²) in [5.74, 6) is -0.0807. The first-order chi connectivity index (χ1) is 11.3. The van der Waals surface area contributed by atoms with Crippen LogP contribution in [-0.4, -0.2) is 45.4 Å². The zero-order valence-electron chi connectivity index (χ0n) is 14.7. The molecule has 0 aliphatic carbocycles. The minimum absolute atomic E-state index is 0.0138. The van der Waals surface area contributed by atoms with Crippen LogP contribution in [0, 0.1) is 5.92 Å². The Kier molecular flexibility index (Phi) is 4.34. The van der Waals surface area contributed by atoms with E-state index in [1.165, 1.54) is 0 Å². The second kappa shape index (κ2) is 6.05. The fourth-order valence-corrected chi connectivity index (χ4v) is 4.32. The van der Waals surface area contributed by atoms with Crippen molar-refractivity contribution in [1.82, 2.24) is 4.90 Å². The fraction of sp³-hybridized carbons (Fsp3) is 0.632. The Morgan fingerprint density at radius 1 is 1.38 bits per heavy atom. The summed E-state index contributed by atoms with van der Waals surface area (Å²) in [6.07, 6.45) is 2.22. The van der Waals surface area contributed by atoms with Crippen molar-refractivity contribution in [2.75, 3.05) is 13.2 Å². The van der Waals surface area contributed by atoms with Crippen LogP contribution in [0.3, 0.4) is 0 Å². The van der Waals surface area contributed by atoms with E-state index < -0.39 is 11.1 Å². The molecule has 0 amide bonds. The molecule has 5 nitrogen and oxygen atoms in total. The van der Waals surface area contributed by atoms with Crippen LogP contribution in [0.1, 0.15) is 51.6 Å². The van der Waals surface area contributed by atoms with Crippen molar-refractivity contribution >= 4 is 5.97 Å². The predicted molar refractivity (Wildman–Crippen MR) is 90.6 cm³/mol. The van der Waals surface area contributed by atoms with Gasteiger partial charge >= 0.3 is 5.97 Å². The third kappa shape index (κ3) is 2.80. The number of ether oxygens (including phenoxy) is 1. The summed E-state index contributed by atoms with van der Waals surface area (Å²) in [6.45, 7) is 6.38. The van der Waals surface area contributed by atoms with Crippen LogP contribution >= 0.6 is 0 Å². The summed E-state index contributed by atoms with van der Waals surface area (Å²) in [4.78, 5) is 15.1. The van der Waals surface area contributed by atoms with Gasteiger partial charge in [0.05, 0.1) is 0 Å². The first-order valence-electron chi connectivity index (χ1n) is 8.67. The van der Waals surface area contributed by atoms with E-state index in [-0.39, 0.29) is 30.3 Å². The third-order valence-electron chi connectivity index (χ3n) is 5.19. The van der Waals surface area contributed by atoms with Gasteiger partial charge in [-0.25, -0.2) is 0 Å². The standard InChI is InChI=1S/C19H27NO4/c1-18(2,3)24-17(23)19-9-6-10-20(19)16(13(11-19)12-21)14-7-4-5-8-15(14)22/h4-5,7-8,13,16,21-22H,6,9-12H2,1-3H3/t13-,16?,19+/m1/s1. The van der Waals surface area contributed by atoms with E-state index in [2.05, 4.69) is 4.90 Å². The van der Waals surface area contributed by atoms with Crippen LogP contribution in [0.15, 0.2) is 24.3 Å². The Bertz CT molecular complexity index is 624. The molecule has 3 atom stereocenters. The number of benzene rings is 1. The van der Waals surface area contributed by atoms with Gasteiger partial charge in [0.25, 0.3) is 0 Å². The molecular weight excluding hydrogens is 306 g/mol. The molecule has 24 heavy (non-hydrogen) atoms. The molecular formula is C19H27NO4. The number of rotatable bonds is 3. The SMILES string of the molecule is CC(C)(C)OC(=O)[C@@]12CCCN1C(c1ccccc1O)[C@@H](CO)C2. The lowest BCUT2D eigenvalue weighted by Gasteiger charge is -2.35. The summed E-state index contributed by atoms with van der Waals surface area (Å²) < 4.78 is 5.71. The van der Waals surface area contributed by atoms with Crippen molar-refractivity contribution in [2.24, 2.45) is 5.92 Å². The average Bonchev–Trinajstić information content (AvgIpc) is 3.03. The second-order valence-electron chi connectivity index (χ2n) is 7.98. The maximum absolute atomic E-state index is 13.0. The fourth-order valence-electron chi connectivity index (χ4n) is 4.32. The van der Waals surface area contributed by atoms with E-state index in [1.807, 2.05) is 32.9 Å². The van der Waals surface area contributed by atoms with Crippen LogP contribution in [0.25, 0.3) is 0 Å². The summed E-state index contributed by atoms with van der Waals surface area (Å²) in [7, 11) is 0. The lowest BCUT2D eigenvalue weighted by atomic mass is 9.87. The molecule has 2 heterocycles. The Morgan fingerprint density at radius 3 is 2.71 bits per heavy atom. The van der Waals surface area contributed by atoms with E-state index in [1.54, 1.807) is 12.1 Å². The van der Waals surface area contributed by atoms with Crippen molar-refractivity contribution in [1.29, 1.82) is 0 Å². The molecule has 1 aromatic rings. The quantitative estimate of drug-likeness (QED) is 0.832. The van der Waals surface area contributed by atoms with Gasteiger partial charge in [-0.05, 0) is 52.6 Å². The molecule has 2 saturated heterocycles. The topological polar surface area (TPSA) is 70.0 Å². The Balaban J connectivity index is 1.98. The zero-order chi connectivity index (χ0) is 17.5. The van der Waals surface area contributed by atoms with Crippen molar-refractivity contribution in [3.63, 3.8) is 0 Å². The molecule has 2 aliphatic heterocycles. The lowest BCUT2D eigenvalue weighted by molar-refractivity contribution is -0.167. The van der Waals surface area contributed by atoms with E-state index in [4.69, 9.17) is 4.74 Å². The van der Waals surface area contributed by atoms with Gasteiger partial charge < -0.3 is 14.9 Å². The Morgan fingerprint density at radius 2 is 2.08 bits per heavy atom. The van der Waals surface area contributed by atoms with Crippen LogP contribution < -0.4 is 0 Å². The van der Waals surface area contributed by atoms with Gasteiger partial charge in [-0.1, -0.05) is 18.2 Å². The number of nitrogens with zero attached hydrogens (tertiary/aromatic N) is 1. The molecule has 2 N–H and O–H groups in total. The van der Waals surface area contributed by atoms with E-state index in [0.29, 0.717) is 6.42 Å². The molecule has 132 valence electrons. The highest BCUT2D eigenvalue weighted by Gasteiger charge is 2.60.